The van der Waals surface area contributed by atoms with E-state index < -0.39 is 5.60 Å². The monoisotopic (exact) mass is 268 g/mol. The predicted molar refractivity (Wildman–Crippen MR) is 76.2 cm³/mol. The number of alkyl carbamates (subject to hydrolysis) is 1. The molecule has 1 N–H and O–H groups in total. The van der Waals surface area contributed by atoms with Gasteiger partial charge in [-0.1, -0.05) is 13.3 Å². The maximum atomic E-state index is 11.9. The van der Waals surface area contributed by atoms with Gasteiger partial charge in [-0.05, 0) is 46.0 Å². The van der Waals surface area contributed by atoms with Crippen LogP contribution in [-0.4, -0.2) is 41.8 Å². The highest BCUT2D eigenvalue weighted by molar-refractivity contribution is 5.68. The molecule has 1 saturated carbocycles. The molecular formula is C15H28N2O2. The minimum atomic E-state index is -0.418. The molecule has 1 saturated heterocycles. The molecule has 4 heteroatoms. The zero-order valence-electron chi connectivity index (χ0n) is 12.7. The first kappa shape index (κ1) is 14.6. The Kier molecular flexibility index (Phi) is 4.39. The van der Waals surface area contributed by atoms with Gasteiger partial charge in [-0.15, -0.1) is 0 Å². The van der Waals surface area contributed by atoms with Crippen LogP contribution in [-0.2, 0) is 4.74 Å². The summed E-state index contributed by atoms with van der Waals surface area (Å²) in [4.78, 5) is 14.4. The van der Waals surface area contributed by atoms with E-state index in [-0.39, 0.29) is 12.1 Å². The summed E-state index contributed by atoms with van der Waals surface area (Å²) in [5.41, 5.74) is -0.418. The number of carbonyl (C=O) groups excluding carboxylic acids is 1. The molecule has 1 heterocycles. The Balaban J connectivity index is 1.85. The number of hydrogen-bond donors (Lipinski definition) is 1. The molecule has 0 spiro atoms. The van der Waals surface area contributed by atoms with Crippen molar-refractivity contribution in [1.29, 1.82) is 0 Å². The summed E-state index contributed by atoms with van der Waals surface area (Å²) in [6.07, 6.45) is 4.66. The summed E-state index contributed by atoms with van der Waals surface area (Å²) in [5, 5.41) is 3.05. The lowest BCUT2D eigenvalue weighted by molar-refractivity contribution is 0.0442. The SMILES string of the molecule is CCC1CC(NC(=O)OC(C)(C)C)CN(C2CC2)C1. The van der Waals surface area contributed by atoms with E-state index in [1.54, 1.807) is 0 Å². The van der Waals surface area contributed by atoms with Gasteiger partial charge in [-0.2, -0.15) is 0 Å². The molecule has 19 heavy (non-hydrogen) atoms. The number of nitrogens with zero attached hydrogens (tertiary/aromatic N) is 1. The summed E-state index contributed by atoms with van der Waals surface area (Å²) in [6, 6.07) is 1.02. The van der Waals surface area contributed by atoms with Crippen LogP contribution in [0, 0.1) is 5.92 Å². The maximum Gasteiger partial charge on any atom is 0.407 e. The molecule has 2 fully saturated rings. The molecule has 2 atom stereocenters. The van der Waals surface area contributed by atoms with Crippen LogP contribution in [0.15, 0.2) is 0 Å². The fraction of sp³-hybridized carbons (Fsp3) is 0.933. The average molecular weight is 268 g/mol. The Labute approximate surface area is 116 Å². The van der Waals surface area contributed by atoms with Crippen LogP contribution in [0.2, 0.25) is 0 Å². The molecule has 2 unspecified atom stereocenters. The van der Waals surface area contributed by atoms with E-state index in [0.717, 1.165) is 19.0 Å². The van der Waals surface area contributed by atoms with Crippen molar-refractivity contribution in [2.24, 2.45) is 5.92 Å². The smallest absolute Gasteiger partial charge is 0.407 e. The third kappa shape index (κ3) is 4.68. The zero-order chi connectivity index (χ0) is 14.0. The Morgan fingerprint density at radius 1 is 1.32 bits per heavy atom. The van der Waals surface area contributed by atoms with Crippen molar-refractivity contribution < 1.29 is 9.53 Å². The maximum absolute atomic E-state index is 11.9. The largest absolute Gasteiger partial charge is 0.444 e. The molecular weight excluding hydrogens is 240 g/mol. The van der Waals surface area contributed by atoms with Crippen LogP contribution in [0.25, 0.3) is 0 Å². The van der Waals surface area contributed by atoms with Crippen molar-refractivity contribution in [3.8, 4) is 0 Å². The van der Waals surface area contributed by atoms with Gasteiger partial charge in [0.25, 0.3) is 0 Å². The van der Waals surface area contributed by atoms with Crippen LogP contribution in [0.5, 0.6) is 0 Å². The summed E-state index contributed by atoms with van der Waals surface area (Å²) in [6.45, 7) is 10.1. The lowest BCUT2D eigenvalue weighted by atomic mass is 9.92. The quantitative estimate of drug-likeness (QED) is 0.855. The van der Waals surface area contributed by atoms with Gasteiger partial charge in [0.2, 0.25) is 0 Å². The first-order valence-electron chi connectivity index (χ1n) is 7.61. The molecule has 4 nitrogen and oxygen atoms in total. The lowest BCUT2D eigenvalue weighted by Crippen LogP contribution is -2.52. The van der Waals surface area contributed by atoms with E-state index in [1.807, 2.05) is 20.8 Å². The molecule has 1 amide bonds. The van der Waals surface area contributed by atoms with Gasteiger partial charge in [0.15, 0.2) is 0 Å². The van der Waals surface area contributed by atoms with Crippen LogP contribution in [0.4, 0.5) is 4.79 Å². The fourth-order valence-electron chi connectivity index (χ4n) is 2.85. The lowest BCUT2D eigenvalue weighted by Gasteiger charge is -2.38. The van der Waals surface area contributed by atoms with Gasteiger partial charge in [-0.3, -0.25) is 4.90 Å². The normalized spacial score (nSPS) is 29.1. The number of nitrogens with one attached hydrogen (secondary N) is 1. The summed E-state index contributed by atoms with van der Waals surface area (Å²) in [5.74, 6) is 0.703. The molecule has 0 radical (unpaired) electrons. The third-order valence-corrected chi connectivity index (χ3v) is 3.93. The summed E-state index contributed by atoms with van der Waals surface area (Å²) >= 11 is 0. The van der Waals surface area contributed by atoms with Crippen molar-refractivity contribution in [3.05, 3.63) is 0 Å². The van der Waals surface area contributed by atoms with E-state index in [1.165, 1.54) is 25.8 Å². The highest BCUT2D eigenvalue weighted by Gasteiger charge is 2.36. The third-order valence-electron chi connectivity index (χ3n) is 3.93. The van der Waals surface area contributed by atoms with Gasteiger partial charge < -0.3 is 10.1 Å². The van der Waals surface area contributed by atoms with Crippen molar-refractivity contribution in [2.75, 3.05) is 13.1 Å². The Hall–Kier alpha value is -0.770. The predicted octanol–water partition coefficient (Wildman–Crippen LogP) is 2.77. The van der Waals surface area contributed by atoms with E-state index in [2.05, 4.69) is 17.1 Å². The van der Waals surface area contributed by atoms with Gasteiger partial charge in [-0.25, -0.2) is 4.79 Å². The summed E-state index contributed by atoms with van der Waals surface area (Å²) < 4.78 is 5.35. The van der Waals surface area contributed by atoms with Crippen molar-refractivity contribution in [1.82, 2.24) is 10.2 Å². The van der Waals surface area contributed by atoms with E-state index in [9.17, 15) is 4.79 Å². The van der Waals surface area contributed by atoms with Crippen LogP contribution in [0.3, 0.4) is 0 Å². The number of ether oxygens (including phenoxy) is 1. The minimum Gasteiger partial charge on any atom is -0.444 e. The highest BCUT2D eigenvalue weighted by atomic mass is 16.6. The van der Waals surface area contributed by atoms with Gasteiger partial charge >= 0.3 is 6.09 Å². The fourth-order valence-corrected chi connectivity index (χ4v) is 2.85. The van der Waals surface area contributed by atoms with Gasteiger partial charge in [0.05, 0.1) is 0 Å². The summed E-state index contributed by atoms with van der Waals surface area (Å²) in [7, 11) is 0. The molecule has 2 aliphatic rings. The molecule has 0 aromatic rings. The molecule has 1 aliphatic carbocycles. The second-order valence-corrected chi connectivity index (χ2v) is 7.04. The molecule has 0 aromatic heterocycles. The molecule has 0 aromatic carbocycles. The zero-order valence-corrected chi connectivity index (χ0v) is 12.7. The van der Waals surface area contributed by atoms with Crippen molar-refractivity contribution >= 4 is 6.09 Å². The first-order valence-corrected chi connectivity index (χ1v) is 7.61. The number of likely N-dealkylation sites (tertiary alicyclic amines) is 1. The first-order chi connectivity index (χ1) is 8.87. The number of carbonyl (C=O) groups is 1. The number of amides is 1. The van der Waals surface area contributed by atoms with Crippen molar-refractivity contribution in [3.63, 3.8) is 0 Å². The van der Waals surface area contributed by atoms with Crippen LogP contribution in [0.1, 0.15) is 53.4 Å². The Morgan fingerprint density at radius 2 is 2.00 bits per heavy atom. The molecule has 2 rings (SSSR count). The van der Waals surface area contributed by atoms with Gasteiger partial charge in [0.1, 0.15) is 5.60 Å². The molecule has 110 valence electrons. The van der Waals surface area contributed by atoms with E-state index >= 15 is 0 Å². The van der Waals surface area contributed by atoms with E-state index in [0.29, 0.717) is 5.92 Å². The molecule has 0 bridgehead atoms. The second kappa shape index (κ2) is 5.70. The van der Waals surface area contributed by atoms with Gasteiger partial charge in [0, 0.05) is 25.2 Å². The Morgan fingerprint density at radius 3 is 2.53 bits per heavy atom. The van der Waals surface area contributed by atoms with Crippen molar-refractivity contribution in [2.45, 2.75) is 71.1 Å². The van der Waals surface area contributed by atoms with E-state index in [4.69, 9.17) is 4.74 Å². The minimum absolute atomic E-state index is 0.245. The number of rotatable bonds is 3. The number of piperidine rings is 1. The second-order valence-electron chi connectivity index (χ2n) is 7.04. The standard InChI is InChI=1S/C15H28N2O2/c1-5-11-8-12(10-17(9-11)13-6-7-13)16-14(18)19-15(2,3)4/h11-13H,5-10H2,1-4H3,(H,16,18). The van der Waals surface area contributed by atoms with Crippen LogP contribution < -0.4 is 5.32 Å². The topological polar surface area (TPSA) is 41.6 Å². The van der Waals surface area contributed by atoms with Crippen LogP contribution >= 0.6 is 0 Å². The molecule has 1 aliphatic heterocycles. The Bertz CT molecular complexity index is 321. The number of hydrogen-bond acceptors (Lipinski definition) is 3. The highest BCUT2D eigenvalue weighted by Crippen LogP contribution is 2.32. The average Bonchev–Trinajstić information content (AvgIpc) is 3.09.